The van der Waals surface area contributed by atoms with Crippen LogP contribution < -0.4 is 10.6 Å². The van der Waals surface area contributed by atoms with Crippen LogP contribution in [-0.2, 0) is 4.74 Å². The van der Waals surface area contributed by atoms with E-state index in [0.717, 1.165) is 31.7 Å². The number of ether oxygens (including phenoxy) is 1. The Morgan fingerprint density at radius 3 is 3.00 bits per heavy atom. The van der Waals surface area contributed by atoms with Crippen LogP contribution in [0, 0.1) is 6.92 Å². The number of para-hydroxylation sites is 1. The molecule has 1 aliphatic heterocycles. The zero-order valence-electron chi connectivity index (χ0n) is 10.0. The molecule has 2 rings (SSSR count). The largest absolute Gasteiger partial charge is 0.376 e. The second kappa shape index (κ2) is 5.98. The van der Waals surface area contributed by atoms with Crippen LogP contribution in [-0.4, -0.2) is 24.4 Å². The van der Waals surface area contributed by atoms with E-state index in [-0.39, 0.29) is 0 Å². The van der Waals surface area contributed by atoms with Gasteiger partial charge in [0.25, 0.3) is 0 Å². The third-order valence-electron chi connectivity index (χ3n) is 2.91. The molecule has 1 aromatic carbocycles. The van der Waals surface area contributed by atoms with Gasteiger partial charge in [-0.15, -0.1) is 0 Å². The van der Waals surface area contributed by atoms with Crippen LogP contribution in [0.5, 0.6) is 0 Å². The third-order valence-corrected chi connectivity index (χ3v) is 3.15. The minimum Gasteiger partial charge on any atom is -0.376 e. The molecule has 0 aliphatic carbocycles. The smallest absolute Gasteiger partial charge is 0.170 e. The molecule has 4 heteroatoms. The molecule has 17 heavy (non-hydrogen) atoms. The number of thiocarbonyl (C=S) groups is 1. The number of hydrogen-bond acceptors (Lipinski definition) is 2. The summed E-state index contributed by atoms with van der Waals surface area (Å²) in [7, 11) is 0. The first-order valence-corrected chi connectivity index (χ1v) is 6.38. The molecule has 1 unspecified atom stereocenters. The molecule has 1 aromatic rings. The molecule has 1 aliphatic rings. The van der Waals surface area contributed by atoms with Crippen LogP contribution in [0.25, 0.3) is 0 Å². The lowest BCUT2D eigenvalue weighted by atomic mass is 10.2. The molecule has 0 spiro atoms. The highest BCUT2D eigenvalue weighted by Gasteiger charge is 2.15. The Kier molecular flexibility index (Phi) is 4.34. The third kappa shape index (κ3) is 3.68. The molecule has 92 valence electrons. The number of hydrogen-bond donors (Lipinski definition) is 2. The Labute approximate surface area is 108 Å². The monoisotopic (exact) mass is 250 g/mol. The summed E-state index contributed by atoms with van der Waals surface area (Å²) < 4.78 is 5.53. The quantitative estimate of drug-likeness (QED) is 0.807. The van der Waals surface area contributed by atoms with Gasteiger partial charge in [-0.05, 0) is 43.6 Å². The van der Waals surface area contributed by atoms with Gasteiger partial charge in [0, 0.05) is 18.8 Å². The molecule has 0 radical (unpaired) electrons. The predicted molar refractivity (Wildman–Crippen MR) is 74.4 cm³/mol. The summed E-state index contributed by atoms with van der Waals surface area (Å²) in [6, 6.07) is 8.10. The van der Waals surface area contributed by atoms with Gasteiger partial charge >= 0.3 is 0 Å². The lowest BCUT2D eigenvalue weighted by Crippen LogP contribution is -2.34. The number of nitrogens with one attached hydrogen (secondary N) is 2. The highest BCUT2D eigenvalue weighted by molar-refractivity contribution is 7.80. The van der Waals surface area contributed by atoms with Gasteiger partial charge in [0.2, 0.25) is 0 Å². The summed E-state index contributed by atoms with van der Waals surface area (Å²) in [5.41, 5.74) is 2.24. The van der Waals surface area contributed by atoms with E-state index < -0.39 is 0 Å². The molecule has 1 heterocycles. The van der Waals surface area contributed by atoms with Gasteiger partial charge in [-0.3, -0.25) is 0 Å². The second-order valence-electron chi connectivity index (χ2n) is 4.28. The number of anilines is 1. The van der Waals surface area contributed by atoms with Crippen molar-refractivity contribution in [3.05, 3.63) is 29.8 Å². The van der Waals surface area contributed by atoms with Gasteiger partial charge < -0.3 is 15.4 Å². The van der Waals surface area contributed by atoms with E-state index in [1.165, 1.54) is 5.56 Å². The fourth-order valence-corrected chi connectivity index (χ4v) is 2.08. The molecule has 0 saturated carbocycles. The number of aryl methyl sites for hydroxylation is 1. The molecule has 0 aromatic heterocycles. The van der Waals surface area contributed by atoms with Gasteiger partial charge in [-0.25, -0.2) is 0 Å². The van der Waals surface area contributed by atoms with Crippen molar-refractivity contribution in [2.45, 2.75) is 25.9 Å². The predicted octanol–water partition coefficient (Wildman–Crippen LogP) is 2.46. The van der Waals surface area contributed by atoms with Gasteiger partial charge in [0.15, 0.2) is 5.11 Å². The summed E-state index contributed by atoms with van der Waals surface area (Å²) in [4.78, 5) is 0. The van der Waals surface area contributed by atoms with Crippen molar-refractivity contribution >= 4 is 23.0 Å². The van der Waals surface area contributed by atoms with E-state index in [4.69, 9.17) is 17.0 Å². The van der Waals surface area contributed by atoms with Crippen molar-refractivity contribution in [2.24, 2.45) is 0 Å². The highest BCUT2D eigenvalue weighted by atomic mass is 32.1. The average Bonchev–Trinajstić information content (AvgIpc) is 2.82. The standard InChI is InChI=1S/C13H18N2OS/c1-10-5-2-3-7-12(10)15-13(17)14-9-11-6-4-8-16-11/h2-3,5,7,11H,4,6,8-9H2,1H3,(H2,14,15,17). The Morgan fingerprint density at radius 1 is 1.47 bits per heavy atom. The van der Waals surface area contributed by atoms with Crippen LogP contribution in [0.4, 0.5) is 5.69 Å². The molecular weight excluding hydrogens is 232 g/mol. The Balaban J connectivity index is 1.79. The Bertz CT molecular complexity index is 389. The van der Waals surface area contributed by atoms with Crippen LogP contribution >= 0.6 is 12.2 Å². The lowest BCUT2D eigenvalue weighted by molar-refractivity contribution is 0.114. The van der Waals surface area contributed by atoms with E-state index in [9.17, 15) is 0 Å². The fraction of sp³-hybridized carbons (Fsp3) is 0.462. The summed E-state index contributed by atoms with van der Waals surface area (Å²) in [5.74, 6) is 0. The topological polar surface area (TPSA) is 33.3 Å². The first-order valence-electron chi connectivity index (χ1n) is 5.98. The molecule has 1 fully saturated rings. The maximum absolute atomic E-state index is 5.53. The summed E-state index contributed by atoms with van der Waals surface area (Å²) in [5, 5.41) is 7.06. The van der Waals surface area contributed by atoms with E-state index in [1.54, 1.807) is 0 Å². The van der Waals surface area contributed by atoms with Crippen LogP contribution in [0.1, 0.15) is 18.4 Å². The van der Waals surface area contributed by atoms with Crippen molar-refractivity contribution in [1.29, 1.82) is 0 Å². The summed E-state index contributed by atoms with van der Waals surface area (Å²) in [6.45, 7) is 3.73. The van der Waals surface area contributed by atoms with Crippen molar-refractivity contribution in [3.8, 4) is 0 Å². The molecule has 0 bridgehead atoms. The van der Waals surface area contributed by atoms with Crippen molar-refractivity contribution in [3.63, 3.8) is 0 Å². The zero-order valence-corrected chi connectivity index (χ0v) is 10.8. The minimum absolute atomic E-state index is 0.312. The molecule has 1 saturated heterocycles. The van der Waals surface area contributed by atoms with E-state index in [1.807, 2.05) is 18.2 Å². The fourth-order valence-electron chi connectivity index (χ4n) is 1.89. The van der Waals surface area contributed by atoms with E-state index >= 15 is 0 Å². The van der Waals surface area contributed by atoms with Gasteiger partial charge in [0.05, 0.1) is 6.10 Å². The van der Waals surface area contributed by atoms with Gasteiger partial charge in [-0.2, -0.15) is 0 Å². The normalized spacial score (nSPS) is 19.0. The maximum Gasteiger partial charge on any atom is 0.170 e. The van der Waals surface area contributed by atoms with Crippen LogP contribution in [0.2, 0.25) is 0 Å². The highest BCUT2D eigenvalue weighted by Crippen LogP contribution is 2.13. The summed E-state index contributed by atoms with van der Waals surface area (Å²) >= 11 is 5.25. The van der Waals surface area contributed by atoms with Gasteiger partial charge in [-0.1, -0.05) is 18.2 Å². The van der Waals surface area contributed by atoms with Gasteiger partial charge in [0.1, 0.15) is 0 Å². The first kappa shape index (κ1) is 12.3. The molecular formula is C13H18N2OS. The lowest BCUT2D eigenvalue weighted by Gasteiger charge is -2.15. The molecule has 2 N–H and O–H groups in total. The minimum atomic E-state index is 0.312. The average molecular weight is 250 g/mol. The van der Waals surface area contributed by atoms with E-state index in [0.29, 0.717) is 11.2 Å². The zero-order chi connectivity index (χ0) is 12.1. The molecule has 3 nitrogen and oxygen atoms in total. The Morgan fingerprint density at radius 2 is 2.29 bits per heavy atom. The summed E-state index contributed by atoms with van der Waals surface area (Å²) in [6.07, 6.45) is 2.59. The maximum atomic E-state index is 5.53. The van der Waals surface area contributed by atoms with Crippen molar-refractivity contribution in [2.75, 3.05) is 18.5 Å². The first-order chi connectivity index (χ1) is 8.25. The van der Waals surface area contributed by atoms with Crippen LogP contribution in [0.15, 0.2) is 24.3 Å². The molecule has 1 atom stereocenters. The van der Waals surface area contributed by atoms with Crippen molar-refractivity contribution < 1.29 is 4.74 Å². The number of rotatable bonds is 3. The SMILES string of the molecule is Cc1ccccc1NC(=S)NCC1CCCO1. The second-order valence-corrected chi connectivity index (χ2v) is 4.69. The van der Waals surface area contributed by atoms with E-state index in [2.05, 4.69) is 23.6 Å². The van der Waals surface area contributed by atoms with Crippen LogP contribution in [0.3, 0.4) is 0 Å². The number of benzene rings is 1. The molecule has 0 amide bonds. The van der Waals surface area contributed by atoms with Crippen molar-refractivity contribution in [1.82, 2.24) is 5.32 Å². The Hall–Kier alpha value is -1.13.